The molecule has 0 saturated carbocycles. The molecule has 6 nitrogen and oxygen atoms in total. The first kappa shape index (κ1) is 18.9. The third-order valence-electron chi connectivity index (χ3n) is 3.89. The molecule has 0 unspecified atom stereocenters. The molecule has 28 heavy (non-hydrogen) atoms. The number of hydrogen-bond acceptors (Lipinski definition) is 4. The van der Waals surface area contributed by atoms with Crippen molar-refractivity contribution in [3.63, 3.8) is 0 Å². The van der Waals surface area contributed by atoms with Gasteiger partial charge in [0.25, 0.3) is 11.8 Å². The van der Waals surface area contributed by atoms with Crippen LogP contribution in [0.2, 0.25) is 0 Å². The summed E-state index contributed by atoms with van der Waals surface area (Å²) < 4.78 is 13.2. The highest BCUT2D eigenvalue weighted by atomic mass is 19.1. The van der Waals surface area contributed by atoms with Crippen LogP contribution >= 0.6 is 0 Å². The third-order valence-corrected chi connectivity index (χ3v) is 3.89. The Bertz CT molecular complexity index is 1050. The molecule has 0 radical (unpaired) electrons. The van der Waals surface area contributed by atoms with Crippen LogP contribution in [-0.4, -0.2) is 22.6 Å². The van der Waals surface area contributed by atoms with Crippen molar-refractivity contribution in [2.24, 2.45) is 0 Å². The normalized spacial score (nSPS) is 10.2. The van der Waals surface area contributed by atoms with Gasteiger partial charge in [-0.2, -0.15) is 0 Å². The van der Waals surface area contributed by atoms with Crippen LogP contribution in [0.4, 0.5) is 15.8 Å². The summed E-state index contributed by atoms with van der Waals surface area (Å²) in [5.74, 6) is -1.51. The Balaban J connectivity index is 1.72. The van der Waals surface area contributed by atoms with E-state index < -0.39 is 17.6 Å². The summed E-state index contributed by atoms with van der Waals surface area (Å²) in [6.07, 6.45) is 2.64. The summed E-state index contributed by atoms with van der Waals surface area (Å²) in [7, 11) is 0. The Morgan fingerprint density at radius 3 is 1.96 bits per heavy atom. The van der Waals surface area contributed by atoms with Crippen LogP contribution in [-0.2, 0) is 0 Å². The van der Waals surface area contributed by atoms with Gasteiger partial charge in [0.15, 0.2) is 5.78 Å². The van der Waals surface area contributed by atoms with Gasteiger partial charge in [-0.15, -0.1) is 0 Å². The maximum atomic E-state index is 13.2. The molecule has 2 amide bonds. The molecule has 3 aromatic rings. The largest absolute Gasteiger partial charge is 0.322 e. The van der Waals surface area contributed by atoms with E-state index in [4.69, 9.17) is 0 Å². The molecule has 0 fully saturated rings. The fraction of sp³-hybridized carbons (Fsp3) is 0.0476. The molecule has 0 aliphatic heterocycles. The lowest BCUT2D eigenvalue weighted by atomic mass is 10.1. The van der Waals surface area contributed by atoms with Crippen molar-refractivity contribution < 1.29 is 18.8 Å². The van der Waals surface area contributed by atoms with E-state index in [1.165, 1.54) is 43.6 Å². The number of Topliss-reactive ketones (excluding diaryl/α,β-unsaturated/α-hetero) is 1. The highest BCUT2D eigenvalue weighted by molar-refractivity contribution is 6.08. The molecule has 1 aromatic heterocycles. The molecule has 0 saturated heterocycles. The fourth-order valence-electron chi connectivity index (χ4n) is 2.45. The van der Waals surface area contributed by atoms with Gasteiger partial charge in [0.05, 0.1) is 11.1 Å². The van der Waals surface area contributed by atoms with Gasteiger partial charge in [-0.3, -0.25) is 19.4 Å². The van der Waals surface area contributed by atoms with Crippen molar-refractivity contribution in [2.75, 3.05) is 10.6 Å². The number of pyridine rings is 1. The second-order valence-electron chi connectivity index (χ2n) is 6.01. The Morgan fingerprint density at radius 1 is 0.786 bits per heavy atom. The highest BCUT2D eigenvalue weighted by Crippen LogP contribution is 2.14. The lowest BCUT2D eigenvalue weighted by molar-refractivity contribution is 0.101. The van der Waals surface area contributed by atoms with Gasteiger partial charge in [0.2, 0.25) is 0 Å². The molecule has 140 valence electrons. The highest BCUT2D eigenvalue weighted by Gasteiger charge is 2.12. The zero-order valence-electron chi connectivity index (χ0n) is 14.9. The standard InChI is InChI=1S/C21H16FN3O3/c1-13(26)14-5-7-18(8-6-14)24-20(27)15-9-16(12-23-11-15)21(28)25-19-4-2-3-17(22)10-19/h2-12H,1H3,(H,24,27)(H,25,28). The van der Waals surface area contributed by atoms with Gasteiger partial charge in [0.1, 0.15) is 5.82 Å². The monoisotopic (exact) mass is 377 g/mol. The first-order chi connectivity index (χ1) is 13.4. The summed E-state index contributed by atoms with van der Waals surface area (Å²) in [4.78, 5) is 40.0. The Morgan fingerprint density at radius 2 is 1.39 bits per heavy atom. The molecule has 7 heteroatoms. The van der Waals surface area contributed by atoms with E-state index in [0.29, 0.717) is 16.9 Å². The number of rotatable bonds is 5. The van der Waals surface area contributed by atoms with Crippen LogP contribution in [0.1, 0.15) is 38.0 Å². The zero-order chi connectivity index (χ0) is 20.1. The summed E-state index contributed by atoms with van der Waals surface area (Å²) in [5, 5.41) is 5.23. The molecule has 2 aromatic carbocycles. The molecular formula is C21H16FN3O3. The van der Waals surface area contributed by atoms with E-state index in [9.17, 15) is 18.8 Å². The lowest BCUT2D eigenvalue weighted by Gasteiger charge is -2.08. The van der Waals surface area contributed by atoms with Gasteiger partial charge in [-0.1, -0.05) is 6.07 Å². The molecule has 3 rings (SSSR count). The van der Waals surface area contributed by atoms with E-state index in [-0.39, 0.29) is 16.9 Å². The predicted molar refractivity (Wildman–Crippen MR) is 103 cm³/mol. The molecular weight excluding hydrogens is 361 g/mol. The second-order valence-corrected chi connectivity index (χ2v) is 6.01. The summed E-state index contributed by atoms with van der Waals surface area (Å²) in [5.41, 5.74) is 1.68. The number of amides is 2. The Labute approximate surface area is 160 Å². The van der Waals surface area contributed by atoms with Gasteiger partial charge < -0.3 is 10.6 Å². The van der Waals surface area contributed by atoms with Crippen LogP contribution in [0.3, 0.4) is 0 Å². The van der Waals surface area contributed by atoms with Gasteiger partial charge in [0, 0.05) is 29.3 Å². The number of hydrogen-bond donors (Lipinski definition) is 2. The average Bonchev–Trinajstić information content (AvgIpc) is 2.68. The molecule has 0 atom stereocenters. The number of nitrogens with one attached hydrogen (secondary N) is 2. The van der Waals surface area contributed by atoms with Crippen molar-refractivity contribution in [3.8, 4) is 0 Å². The van der Waals surface area contributed by atoms with E-state index in [0.717, 1.165) is 0 Å². The van der Waals surface area contributed by atoms with Crippen LogP contribution < -0.4 is 10.6 Å². The summed E-state index contributed by atoms with van der Waals surface area (Å²) in [6.45, 7) is 1.46. The third kappa shape index (κ3) is 4.64. The number of carbonyl (C=O) groups excluding carboxylic acids is 3. The maximum absolute atomic E-state index is 13.2. The van der Waals surface area contributed by atoms with Crippen molar-refractivity contribution in [2.45, 2.75) is 6.92 Å². The van der Waals surface area contributed by atoms with E-state index in [2.05, 4.69) is 15.6 Å². The van der Waals surface area contributed by atoms with Crippen molar-refractivity contribution in [3.05, 3.63) is 89.5 Å². The minimum atomic E-state index is -0.515. The van der Waals surface area contributed by atoms with E-state index in [1.807, 2.05) is 0 Å². The predicted octanol–water partition coefficient (Wildman–Crippen LogP) is 3.93. The number of anilines is 2. The average molecular weight is 377 g/mol. The topological polar surface area (TPSA) is 88.2 Å². The minimum absolute atomic E-state index is 0.0703. The number of nitrogens with zero attached hydrogens (tertiary/aromatic N) is 1. The number of benzene rings is 2. The molecule has 0 aliphatic carbocycles. The van der Waals surface area contributed by atoms with Crippen molar-refractivity contribution >= 4 is 29.0 Å². The van der Waals surface area contributed by atoms with Crippen molar-refractivity contribution in [1.82, 2.24) is 4.98 Å². The quantitative estimate of drug-likeness (QED) is 0.660. The van der Waals surface area contributed by atoms with Crippen LogP contribution in [0.15, 0.2) is 67.0 Å². The summed E-state index contributed by atoms with van der Waals surface area (Å²) >= 11 is 0. The van der Waals surface area contributed by atoms with Crippen molar-refractivity contribution in [1.29, 1.82) is 0 Å². The first-order valence-electron chi connectivity index (χ1n) is 8.37. The Kier molecular flexibility index (Phi) is 5.55. The minimum Gasteiger partial charge on any atom is -0.322 e. The van der Waals surface area contributed by atoms with Crippen LogP contribution in [0.25, 0.3) is 0 Å². The van der Waals surface area contributed by atoms with Gasteiger partial charge >= 0.3 is 0 Å². The Hall–Kier alpha value is -3.87. The maximum Gasteiger partial charge on any atom is 0.257 e. The van der Waals surface area contributed by atoms with Gasteiger partial charge in [-0.25, -0.2) is 4.39 Å². The number of aromatic nitrogens is 1. The fourth-order valence-corrected chi connectivity index (χ4v) is 2.45. The van der Waals surface area contributed by atoms with E-state index in [1.54, 1.807) is 30.3 Å². The van der Waals surface area contributed by atoms with Crippen LogP contribution in [0.5, 0.6) is 0 Å². The first-order valence-corrected chi connectivity index (χ1v) is 8.37. The zero-order valence-corrected chi connectivity index (χ0v) is 14.9. The number of ketones is 1. The van der Waals surface area contributed by atoms with E-state index >= 15 is 0 Å². The molecule has 0 spiro atoms. The molecule has 0 aliphatic rings. The smallest absolute Gasteiger partial charge is 0.257 e. The van der Waals surface area contributed by atoms with Crippen LogP contribution in [0, 0.1) is 5.82 Å². The van der Waals surface area contributed by atoms with Gasteiger partial charge in [-0.05, 0) is 55.5 Å². The molecule has 1 heterocycles. The lowest BCUT2D eigenvalue weighted by Crippen LogP contribution is -2.16. The number of carbonyl (C=O) groups is 3. The number of halogens is 1. The molecule has 0 bridgehead atoms. The second kappa shape index (κ2) is 8.22. The molecule has 2 N–H and O–H groups in total. The summed E-state index contributed by atoms with van der Waals surface area (Å²) in [6, 6.07) is 13.3. The SMILES string of the molecule is CC(=O)c1ccc(NC(=O)c2cncc(C(=O)Nc3cccc(F)c3)c2)cc1.